The molecule has 5 nitrogen and oxygen atoms in total. The Morgan fingerprint density at radius 2 is 2.28 bits per heavy atom. The van der Waals surface area contributed by atoms with E-state index in [-0.39, 0.29) is 17.9 Å². The number of hydrazine groups is 1. The van der Waals surface area contributed by atoms with Gasteiger partial charge < -0.3 is 4.74 Å². The highest BCUT2D eigenvalue weighted by atomic mass is 19.1. The lowest BCUT2D eigenvalue weighted by Crippen LogP contribution is -2.44. The number of carbonyl (C=O) groups is 1. The average molecular weight is 251 g/mol. The summed E-state index contributed by atoms with van der Waals surface area (Å²) < 4.78 is 18.6. The van der Waals surface area contributed by atoms with Crippen LogP contribution in [0.15, 0.2) is 18.2 Å². The van der Waals surface area contributed by atoms with Crippen LogP contribution in [0.1, 0.15) is 19.4 Å². The molecule has 18 heavy (non-hydrogen) atoms. The van der Waals surface area contributed by atoms with Crippen LogP contribution in [0.2, 0.25) is 0 Å². The summed E-state index contributed by atoms with van der Waals surface area (Å²) >= 11 is 0. The third-order valence-electron chi connectivity index (χ3n) is 2.42. The summed E-state index contributed by atoms with van der Waals surface area (Å²) in [5, 5.41) is 8.81. The zero-order valence-electron chi connectivity index (χ0n) is 10.2. The van der Waals surface area contributed by atoms with Crippen molar-refractivity contribution in [3.63, 3.8) is 0 Å². The van der Waals surface area contributed by atoms with Crippen molar-refractivity contribution in [1.29, 1.82) is 5.26 Å². The second kappa shape index (κ2) is 5.47. The maximum absolute atomic E-state index is 13.3. The SMILES string of the molecule is CC(C)(COc1cccc(F)c1C#N)C(=O)NN. The quantitative estimate of drug-likeness (QED) is 0.476. The normalized spacial score (nSPS) is 10.6. The molecule has 0 radical (unpaired) electrons. The van der Waals surface area contributed by atoms with Gasteiger partial charge in [0.1, 0.15) is 29.8 Å². The van der Waals surface area contributed by atoms with Crippen LogP contribution in [0.5, 0.6) is 5.75 Å². The number of carbonyl (C=O) groups excluding carboxylic acids is 1. The number of amides is 1. The molecule has 6 heteroatoms. The molecule has 1 rings (SSSR count). The van der Waals surface area contributed by atoms with E-state index >= 15 is 0 Å². The summed E-state index contributed by atoms with van der Waals surface area (Å²) in [6, 6.07) is 5.79. The van der Waals surface area contributed by atoms with E-state index in [1.54, 1.807) is 19.9 Å². The van der Waals surface area contributed by atoms with E-state index in [1.165, 1.54) is 18.2 Å². The Morgan fingerprint density at radius 3 is 2.83 bits per heavy atom. The molecule has 0 spiro atoms. The largest absolute Gasteiger partial charge is 0.491 e. The Morgan fingerprint density at radius 1 is 1.61 bits per heavy atom. The Balaban J connectivity index is 2.85. The molecule has 0 fully saturated rings. The standard InChI is InChI=1S/C12H14FN3O2/c1-12(2,11(17)16-15)7-18-10-5-3-4-9(13)8(10)6-14/h3-5H,7,15H2,1-2H3,(H,16,17). The van der Waals surface area contributed by atoms with Gasteiger partial charge in [-0.25, -0.2) is 10.2 Å². The van der Waals surface area contributed by atoms with Crippen LogP contribution in [0.3, 0.4) is 0 Å². The smallest absolute Gasteiger partial charge is 0.242 e. The van der Waals surface area contributed by atoms with Crippen molar-refractivity contribution in [3.8, 4) is 11.8 Å². The number of nitrogens with two attached hydrogens (primary N) is 1. The second-order valence-electron chi connectivity index (χ2n) is 4.37. The number of nitrogens with zero attached hydrogens (tertiary/aromatic N) is 1. The van der Waals surface area contributed by atoms with Crippen molar-refractivity contribution in [3.05, 3.63) is 29.6 Å². The van der Waals surface area contributed by atoms with Crippen molar-refractivity contribution in [1.82, 2.24) is 5.43 Å². The van der Waals surface area contributed by atoms with Crippen LogP contribution >= 0.6 is 0 Å². The molecule has 0 aliphatic rings. The Hall–Kier alpha value is -2.13. The van der Waals surface area contributed by atoms with Gasteiger partial charge >= 0.3 is 0 Å². The van der Waals surface area contributed by atoms with E-state index in [4.69, 9.17) is 15.8 Å². The van der Waals surface area contributed by atoms with Crippen LogP contribution in [0, 0.1) is 22.6 Å². The number of rotatable bonds is 4. The third kappa shape index (κ3) is 2.96. The third-order valence-corrected chi connectivity index (χ3v) is 2.42. The lowest BCUT2D eigenvalue weighted by atomic mass is 9.94. The highest BCUT2D eigenvalue weighted by Crippen LogP contribution is 2.23. The molecule has 0 heterocycles. The first-order chi connectivity index (χ1) is 8.42. The fraction of sp³-hybridized carbons (Fsp3) is 0.333. The molecule has 1 amide bonds. The molecular formula is C12H14FN3O2. The zero-order chi connectivity index (χ0) is 13.8. The lowest BCUT2D eigenvalue weighted by molar-refractivity contribution is -0.130. The van der Waals surface area contributed by atoms with Gasteiger partial charge in [0.15, 0.2) is 0 Å². The van der Waals surface area contributed by atoms with E-state index in [2.05, 4.69) is 0 Å². The summed E-state index contributed by atoms with van der Waals surface area (Å²) in [4.78, 5) is 11.4. The van der Waals surface area contributed by atoms with Crippen LogP contribution in [0.4, 0.5) is 4.39 Å². The molecule has 0 atom stereocenters. The molecule has 1 aromatic rings. The predicted octanol–water partition coefficient (Wildman–Crippen LogP) is 1.09. The molecule has 0 aromatic heterocycles. The molecule has 0 saturated heterocycles. The molecule has 1 aromatic carbocycles. The van der Waals surface area contributed by atoms with Gasteiger partial charge in [0.05, 0.1) is 5.41 Å². The average Bonchev–Trinajstić information content (AvgIpc) is 2.35. The highest BCUT2D eigenvalue weighted by Gasteiger charge is 2.28. The van der Waals surface area contributed by atoms with E-state index in [0.717, 1.165) is 0 Å². The minimum Gasteiger partial charge on any atom is -0.491 e. The van der Waals surface area contributed by atoms with Crippen LogP contribution < -0.4 is 16.0 Å². The van der Waals surface area contributed by atoms with Crippen LogP contribution in [-0.4, -0.2) is 12.5 Å². The first kappa shape index (κ1) is 13.9. The monoisotopic (exact) mass is 251 g/mol. The van der Waals surface area contributed by atoms with Crippen molar-refractivity contribution in [2.45, 2.75) is 13.8 Å². The van der Waals surface area contributed by atoms with E-state index in [9.17, 15) is 9.18 Å². The van der Waals surface area contributed by atoms with Crippen molar-refractivity contribution < 1.29 is 13.9 Å². The molecule has 0 aliphatic heterocycles. The van der Waals surface area contributed by atoms with Gasteiger partial charge in [0, 0.05) is 0 Å². The summed E-state index contributed by atoms with van der Waals surface area (Å²) in [6.07, 6.45) is 0. The number of hydrogen-bond acceptors (Lipinski definition) is 4. The number of nitrogens with one attached hydrogen (secondary N) is 1. The van der Waals surface area contributed by atoms with Crippen molar-refractivity contribution in [2.24, 2.45) is 11.3 Å². The number of nitriles is 1. The summed E-state index contributed by atoms with van der Waals surface area (Å²) in [5.74, 6) is 4.09. The number of benzene rings is 1. The number of halogens is 1. The molecule has 0 bridgehead atoms. The summed E-state index contributed by atoms with van der Waals surface area (Å²) in [5.41, 5.74) is 0.963. The molecular weight excluding hydrogens is 237 g/mol. The maximum Gasteiger partial charge on any atom is 0.242 e. The highest BCUT2D eigenvalue weighted by molar-refractivity contribution is 5.81. The Kier molecular flexibility index (Phi) is 4.23. The summed E-state index contributed by atoms with van der Waals surface area (Å²) in [6.45, 7) is 3.23. The fourth-order valence-electron chi connectivity index (χ4n) is 1.25. The maximum atomic E-state index is 13.3. The molecule has 0 saturated carbocycles. The minimum atomic E-state index is -0.881. The van der Waals surface area contributed by atoms with Crippen LogP contribution in [0.25, 0.3) is 0 Å². The Bertz CT molecular complexity index is 495. The van der Waals surface area contributed by atoms with Crippen LogP contribution in [-0.2, 0) is 4.79 Å². The molecule has 0 aliphatic carbocycles. The predicted molar refractivity (Wildman–Crippen MR) is 62.7 cm³/mol. The molecule has 0 unspecified atom stereocenters. The number of hydrogen-bond donors (Lipinski definition) is 2. The molecule has 96 valence electrons. The molecule has 3 N–H and O–H groups in total. The van der Waals surface area contributed by atoms with Gasteiger partial charge in [-0.2, -0.15) is 5.26 Å². The number of ether oxygens (including phenoxy) is 1. The first-order valence-electron chi connectivity index (χ1n) is 5.25. The van der Waals surface area contributed by atoms with Crippen molar-refractivity contribution >= 4 is 5.91 Å². The summed E-state index contributed by atoms with van der Waals surface area (Å²) in [7, 11) is 0. The van der Waals surface area contributed by atoms with E-state index < -0.39 is 17.1 Å². The zero-order valence-corrected chi connectivity index (χ0v) is 10.2. The first-order valence-corrected chi connectivity index (χ1v) is 5.25. The second-order valence-corrected chi connectivity index (χ2v) is 4.37. The van der Waals surface area contributed by atoms with Gasteiger partial charge in [-0.1, -0.05) is 6.07 Å². The van der Waals surface area contributed by atoms with Gasteiger partial charge in [-0.15, -0.1) is 0 Å². The van der Waals surface area contributed by atoms with E-state index in [1.807, 2.05) is 5.43 Å². The van der Waals surface area contributed by atoms with Gasteiger partial charge in [-0.3, -0.25) is 10.2 Å². The lowest BCUT2D eigenvalue weighted by Gasteiger charge is -2.22. The fourth-order valence-corrected chi connectivity index (χ4v) is 1.25. The minimum absolute atomic E-state index is 0.0197. The van der Waals surface area contributed by atoms with Gasteiger partial charge in [0.25, 0.3) is 0 Å². The van der Waals surface area contributed by atoms with E-state index in [0.29, 0.717) is 0 Å². The van der Waals surface area contributed by atoms with Gasteiger partial charge in [-0.05, 0) is 26.0 Å². The van der Waals surface area contributed by atoms with Crippen molar-refractivity contribution in [2.75, 3.05) is 6.61 Å². The van der Waals surface area contributed by atoms with Gasteiger partial charge in [0.2, 0.25) is 5.91 Å². The Labute approximate surface area is 104 Å². The topological polar surface area (TPSA) is 88.1 Å².